The summed E-state index contributed by atoms with van der Waals surface area (Å²) in [6.07, 6.45) is 0.384. The maximum atomic E-state index is 10.2. The van der Waals surface area contributed by atoms with Crippen molar-refractivity contribution in [2.45, 2.75) is 44.9 Å². The monoisotopic (exact) mass is 537 g/mol. The van der Waals surface area contributed by atoms with E-state index in [9.17, 15) is 10.2 Å². The molecule has 7 nitrogen and oxygen atoms in total. The zero-order valence-electron chi connectivity index (χ0n) is 18.9. The van der Waals surface area contributed by atoms with Gasteiger partial charge in [0, 0.05) is 11.6 Å². The Hall–Kier alpha value is -2.13. The number of halogens is 2. The summed E-state index contributed by atoms with van der Waals surface area (Å²) in [7, 11) is 0. The second-order valence-corrected chi connectivity index (χ2v) is 9.62. The SMILES string of the molecule is Cc1cn(C[C@@H](O)COc2ccc(C(C)(C)c3ccc(OC[C@@H](O)CCl)c(Br)c3)cc2)nn1. The van der Waals surface area contributed by atoms with Crippen LogP contribution in [0.3, 0.4) is 0 Å². The maximum Gasteiger partial charge on any atom is 0.133 e. The molecule has 0 aliphatic heterocycles. The lowest BCUT2D eigenvalue weighted by Crippen LogP contribution is -2.24. The smallest absolute Gasteiger partial charge is 0.133 e. The summed E-state index contributed by atoms with van der Waals surface area (Å²) in [5, 5.41) is 27.6. The van der Waals surface area contributed by atoms with Gasteiger partial charge in [-0.15, -0.1) is 16.7 Å². The van der Waals surface area contributed by atoms with E-state index >= 15 is 0 Å². The lowest BCUT2D eigenvalue weighted by molar-refractivity contribution is 0.0888. The van der Waals surface area contributed by atoms with Gasteiger partial charge in [-0.1, -0.05) is 37.3 Å². The third-order valence-electron chi connectivity index (χ3n) is 5.33. The summed E-state index contributed by atoms with van der Waals surface area (Å²) in [5.74, 6) is 1.47. The average molecular weight is 539 g/mol. The molecule has 1 aromatic heterocycles. The molecule has 3 aromatic rings. The molecule has 1 heterocycles. The summed E-state index contributed by atoms with van der Waals surface area (Å²) >= 11 is 9.18. The Morgan fingerprint density at radius 3 is 2.30 bits per heavy atom. The first kappa shape index (κ1) is 25.5. The molecule has 0 amide bonds. The molecule has 2 N–H and O–H groups in total. The van der Waals surface area contributed by atoms with Gasteiger partial charge in [0.15, 0.2) is 0 Å². The number of aryl methyl sites for hydroxylation is 1. The highest BCUT2D eigenvalue weighted by molar-refractivity contribution is 9.10. The van der Waals surface area contributed by atoms with E-state index in [0.29, 0.717) is 18.0 Å². The summed E-state index contributed by atoms with van der Waals surface area (Å²) in [6, 6.07) is 13.8. The zero-order chi connectivity index (χ0) is 24.0. The number of aliphatic hydroxyl groups excluding tert-OH is 2. The summed E-state index contributed by atoms with van der Waals surface area (Å²) < 4.78 is 13.8. The number of aromatic nitrogens is 3. The van der Waals surface area contributed by atoms with Crippen LogP contribution in [0.5, 0.6) is 11.5 Å². The van der Waals surface area contributed by atoms with Crippen LogP contribution in [0.15, 0.2) is 53.1 Å². The highest BCUT2D eigenvalue weighted by atomic mass is 79.9. The molecule has 0 bridgehead atoms. The van der Waals surface area contributed by atoms with Crippen LogP contribution in [0, 0.1) is 6.92 Å². The van der Waals surface area contributed by atoms with E-state index in [2.05, 4.69) is 40.1 Å². The fourth-order valence-electron chi connectivity index (χ4n) is 3.32. The van der Waals surface area contributed by atoms with Gasteiger partial charge in [0.05, 0.1) is 22.6 Å². The molecule has 9 heteroatoms. The lowest BCUT2D eigenvalue weighted by Gasteiger charge is -2.27. The molecule has 0 unspecified atom stereocenters. The van der Waals surface area contributed by atoms with Gasteiger partial charge in [0.25, 0.3) is 0 Å². The number of benzene rings is 2. The minimum absolute atomic E-state index is 0.128. The van der Waals surface area contributed by atoms with E-state index in [1.165, 1.54) is 0 Å². The van der Waals surface area contributed by atoms with E-state index in [1.54, 1.807) is 10.9 Å². The second kappa shape index (κ2) is 11.3. The molecule has 0 fully saturated rings. The van der Waals surface area contributed by atoms with Gasteiger partial charge in [-0.2, -0.15) is 0 Å². The minimum Gasteiger partial charge on any atom is -0.491 e. The molecule has 0 aliphatic carbocycles. The number of hydrogen-bond donors (Lipinski definition) is 2. The van der Waals surface area contributed by atoms with Gasteiger partial charge in [-0.3, -0.25) is 0 Å². The van der Waals surface area contributed by atoms with Crippen LogP contribution < -0.4 is 9.47 Å². The van der Waals surface area contributed by atoms with E-state index in [4.69, 9.17) is 21.1 Å². The average Bonchev–Trinajstić information content (AvgIpc) is 3.21. The molecule has 0 spiro atoms. The largest absolute Gasteiger partial charge is 0.491 e. The van der Waals surface area contributed by atoms with Gasteiger partial charge in [0.2, 0.25) is 0 Å². The van der Waals surface area contributed by atoms with Crippen molar-refractivity contribution in [1.29, 1.82) is 0 Å². The minimum atomic E-state index is -0.705. The summed E-state index contributed by atoms with van der Waals surface area (Å²) in [6.45, 7) is 6.77. The van der Waals surface area contributed by atoms with Crippen molar-refractivity contribution >= 4 is 27.5 Å². The normalized spacial score (nSPS) is 13.5. The first-order valence-corrected chi connectivity index (χ1v) is 12.0. The van der Waals surface area contributed by atoms with Gasteiger partial charge >= 0.3 is 0 Å². The number of alkyl halides is 1. The van der Waals surface area contributed by atoms with Crippen molar-refractivity contribution in [3.05, 3.63) is 70.0 Å². The van der Waals surface area contributed by atoms with Crippen LogP contribution >= 0.6 is 27.5 Å². The van der Waals surface area contributed by atoms with E-state index < -0.39 is 12.2 Å². The maximum absolute atomic E-state index is 10.2. The van der Waals surface area contributed by atoms with Gasteiger partial charge in [0.1, 0.15) is 36.9 Å². The first-order chi connectivity index (χ1) is 15.7. The van der Waals surface area contributed by atoms with E-state index in [1.807, 2.05) is 49.4 Å². The molecular weight excluding hydrogens is 510 g/mol. The topological polar surface area (TPSA) is 89.6 Å². The molecule has 33 heavy (non-hydrogen) atoms. The first-order valence-electron chi connectivity index (χ1n) is 10.6. The highest BCUT2D eigenvalue weighted by Crippen LogP contribution is 2.36. The predicted molar refractivity (Wildman–Crippen MR) is 131 cm³/mol. The molecule has 2 aromatic carbocycles. The van der Waals surface area contributed by atoms with Crippen LogP contribution in [0.25, 0.3) is 0 Å². The van der Waals surface area contributed by atoms with Crippen LogP contribution in [-0.2, 0) is 12.0 Å². The zero-order valence-corrected chi connectivity index (χ0v) is 21.3. The summed E-state index contributed by atoms with van der Waals surface area (Å²) in [4.78, 5) is 0. The van der Waals surface area contributed by atoms with Crippen molar-refractivity contribution < 1.29 is 19.7 Å². The number of aliphatic hydroxyl groups is 2. The molecule has 0 radical (unpaired) electrons. The van der Waals surface area contributed by atoms with Crippen molar-refractivity contribution in [3.8, 4) is 11.5 Å². The Morgan fingerprint density at radius 1 is 1.03 bits per heavy atom. The van der Waals surface area contributed by atoms with Crippen molar-refractivity contribution in [1.82, 2.24) is 15.0 Å². The number of nitrogens with zero attached hydrogens (tertiary/aromatic N) is 3. The van der Waals surface area contributed by atoms with E-state index in [-0.39, 0.29) is 24.5 Å². The molecule has 0 aliphatic rings. The molecule has 0 saturated heterocycles. The van der Waals surface area contributed by atoms with Crippen molar-refractivity contribution in [3.63, 3.8) is 0 Å². The third kappa shape index (κ3) is 6.93. The molecule has 178 valence electrons. The molecule has 3 rings (SSSR count). The predicted octanol–water partition coefficient (Wildman–Crippen LogP) is 4.09. The Labute approximate surface area is 207 Å². The Kier molecular flexibility index (Phi) is 8.75. The Balaban J connectivity index is 1.61. The third-order valence-corrected chi connectivity index (χ3v) is 6.31. The summed E-state index contributed by atoms with van der Waals surface area (Å²) in [5.41, 5.74) is 2.76. The number of ether oxygens (including phenoxy) is 2. The van der Waals surface area contributed by atoms with E-state index in [0.717, 1.165) is 21.3 Å². The van der Waals surface area contributed by atoms with Gasteiger partial charge in [-0.25, -0.2) is 4.68 Å². The number of rotatable bonds is 11. The van der Waals surface area contributed by atoms with Crippen LogP contribution in [0.2, 0.25) is 0 Å². The molecule has 2 atom stereocenters. The Bertz CT molecular complexity index is 1040. The van der Waals surface area contributed by atoms with Crippen LogP contribution in [0.1, 0.15) is 30.7 Å². The van der Waals surface area contributed by atoms with Crippen LogP contribution in [-0.4, -0.2) is 56.5 Å². The quantitative estimate of drug-likeness (QED) is 0.358. The lowest BCUT2D eigenvalue weighted by atomic mass is 9.78. The van der Waals surface area contributed by atoms with Gasteiger partial charge in [-0.05, 0) is 58.2 Å². The van der Waals surface area contributed by atoms with Crippen molar-refractivity contribution in [2.24, 2.45) is 0 Å². The fourth-order valence-corrected chi connectivity index (χ4v) is 3.90. The Morgan fingerprint density at radius 2 is 1.70 bits per heavy atom. The standard InChI is InChI=1S/C24H29BrClN3O4/c1-16-12-29(28-27-16)13-20(31)15-32-21-7-4-17(5-8-21)24(2,3)18-6-9-23(22(25)10-18)33-14-19(30)11-26/h4-10,12,19-20,30-31H,11,13-15H2,1-3H3/t19-,20+/m0/s1. The molecule has 0 saturated carbocycles. The highest BCUT2D eigenvalue weighted by Gasteiger charge is 2.24. The van der Waals surface area contributed by atoms with Crippen molar-refractivity contribution in [2.75, 3.05) is 19.1 Å². The number of hydrogen-bond acceptors (Lipinski definition) is 6. The fraction of sp³-hybridized carbons (Fsp3) is 0.417. The van der Waals surface area contributed by atoms with Crippen LogP contribution in [0.4, 0.5) is 0 Å². The van der Waals surface area contributed by atoms with Gasteiger partial charge < -0.3 is 19.7 Å². The second-order valence-electron chi connectivity index (χ2n) is 8.46. The molecular formula is C24H29BrClN3O4.